The van der Waals surface area contributed by atoms with Crippen molar-refractivity contribution in [2.75, 3.05) is 18.4 Å². The Labute approximate surface area is 183 Å². The van der Waals surface area contributed by atoms with Crippen LogP contribution in [0.15, 0.2) is 66.7 Å². The molecule has 160 valence electrons. The Bertz CT molecular complexity index is 1070. The van der Waals surface area contributed by atoms with Crippen molar-refractivity contribution in [3.05, 3.63) is 72.3 Å². The van der Waals surface area contributed by atoms with Crippen molar-refractivity contribution in [1.29, 1.82) is 0 Å². The van der Waals surface area contributed by atoms with Crippen LogP contribution in [-0.2, 0) is 4.79 Å². The summed E-state index contributed by atoms with van der Waals surface area (Å²) in [5.41, 5.74) is 1.06. The number of hydrogen-bond acceptors (Lipinski definition) is 3. The number of ether oxygens (including phenoxy) is 1. The number of benzene rings is 3. The summed E-state index contributed by atoms with van der Waals surface area (Å²) in [4.78, 5) is 27.9. The van der Waals surface area contributed by atoms with Crippen molar-refractivity contribution < 1.29 is 14.3 Å². The van der Waals surface area contributed by atoms with Gasteiger partial charge in [0, 0.05) is 13.1 Å². The standard InChI is InChI=1S/C26H28N2O3/c1-2-24(31-21-15-14-19-10-4-5-11-20(19)18-21)25(29)27-23-13-7-6-12-22(23)26(30)28-16-8-3-9-17-28/h4-7,10-15,18,24H,2-3,8-9,16-17H2,1H3,(H,27,29)/t24-/m1/s1. The zero-order valence-corrected chi connectivity index (χ0v) is 17.8. The highest BCUT2D eigenvalue weighted by atomic mass is 16.5. The van der Waals surface area contributed by atoms with E-state index in [0.717, 1.165) is 43.1 Å². The average Bonchev–Trinajstić information content (AvgIpc) is 2.82. The Morgan fingerprint density at radius 1 is 0.935 bits per heavy atom. The lowest BCUT2D eigenvalue weighted by Crippen LogP contribution is -2.37. The zero-order chi connectivity index (χ0) is 21.6. The number of likely N-dealkylation sites (tertiary alicyclic amines) is 1. The predicted molar refractivity (Wildman–Crippen MR) is 123 cm³/mol. The van der Waals surface area contributed by atoms with Gasteiger partial charge in [-0.15, -0.1) is 0 Å². The maximum Gasteiger partial charge on any atom is 0.265 e. The Balaban J connectivity index is 1.49. The molecule has 3 aromatic carbocycles. The molecule has 3 aromatic rings. The van der Waals surface area contributed by atoms with Crippen molar-refractivity contribution in [2.45, 2.75) is 38.7 Å². The minimum absolute atomic E-state index is 0.0286. The van der Waals surface area contributed by atoms with Gasteiger partial charge in [-0.05, 0) is 60.7 Å². The van der Waals surface area contributed by atoms with Gasteiger partial charge < -0.3 is 15.0 Å². The number of hydrogen-bond donors (Lipinski definition) is 1. The van der Waals surface area contributed by atoms with E-state index in [1.807, 2.05) is 66.4 Å². The third kappa shape index (κ3) is 4.88. The molecule has 0 saturated carbocycles. The van der Waals surface area contributed by atoms with E-state index in [1.54, 1.807) is 12.1 Å². The van der Waals surface area contributed by atoms with Gasteiger partial charge in [-0.25, -0.2) is 0 Å². The summed E-state index contributed by atoms with van der Waals surface area (Å²) in [7, 11) is 0. The molecule has 0 aliphatic carbocycles. The molecule has 0 aromatic heterocycles. The van der Waals surface area contributed by atoms with E-state index in [4.69, 9.17) is 4.74 Å². The van der Waals surface area contributed by atoms with E-state index < -0.39 is 6.10 Å². The van der Waals surface area contributed by atoms with Crippen LogP contribution in [0, 0.1) is 0 Å². The van der Waals surface area contributed by atoms with E-state index in [1.165, 1.54) is 0 Å². The van der Waals surface area contributed by atoms with Crippen molar-refractivity contribution in [2.24, 2.45) is 0 Å². The molecule has 0 spiro atoms. The SMILES string of the molecule is CC[C@@H](Oc1ccc2ccccc2c1)C(=O)Nc1ccccc1C(=O)N1CCCCC1. The van der Waals surface area contributed by atoms with Crippen LogP contribution in [0.3, 0.4) is 0 Å². The number of nitrogens with one attached hydrogen (secondary N) is 1. The molecule has 0 radical (unpaired) electrons. The van der Waals surface area contributed by atoms with Gasteiger partial charge in [0.25, 0.3) is 11.8 Å². The highest BCUT2D eigenvalue weighted by Gasteiger charge is 2.24. The number of para-hydroxylation sites is 1. The second-order valence-corrected chi connectivity index (χ2v) is 7.91. The number of rotatable bonds is 6. The lowest BCUT2D eigenvalue weighted by atomic mass is 10.1. The third-order valence-corrected chi connectivity index (χ3v) is 5.72. The zero-order valence-electron chi connectivity index (χ0n) is 17.8. The number of nitrogens with zero attached hydrogens (tertiary/aromatic N) is 1. The molecule has 2 amide bonds. The largest absolute Gasteiger partial charge is 0.481 e. The number of fused-ring (bicyclic) bond motifs is 1. The van der Waals surface area contributed by atoms with Crippen LogP contribution in [0.2, 0.25) is 0 Å². The second-order valence-electron chi connectivity index (χ2n) is 7.91. The van der Waals surface area contributed by atoms with Crippen molar-refractivity contribution in [1.82, 2.24) is 4.90 Å². The molecule has 1 fully saturated rings. The minimum atomic E-state index is -0.653. The van der Waals surface area contributed by atoms with Crippen LogP contribution in [0.1, 0.15) is 43.0 Å². The van der Waals surface area contributed by atoms with Gasteiger partial charge in [0.15, 0.2) is 6.10 Å². The molecule has 5 nitrogen and oxygen atoms in total. The smallest absolute Gasteiger partial charge is 0.265 e. The number of amides is 2. The van der Waals surface area contributed by atoms with Crippen LogP contribution < -0.4 is 10.1 Å². The van der Waals surface area contributed by atoms with Crippen LogP contribution in [0.4, 0.5) is 5.69 Å². The van der Waals surface area contributed by atoms with Gasteiger partial charge in [-0.1, -0.05) is 49.4 Å². The van der Waals surface area contributed by atoms with Gasteiger partial charge in [0.2, 0.25) is 0 Å². The fourth-order valence-corrected chi connectivity index (χ4v) is 3.99. The Morgan fingerprint density at radius 3 is 2.42 bits per heavy atom. The highest BCUT2D eigenvalue weighted by Crippen LogP contribution is 2.24. The normalized spacial score (nSPS) is 14.8. The lowest BCUT2D eigenvalue weighted by Gasteiger charge is -2.27. The first-order chi connectivity index (χ1) is 15.2. The number of anilines is 1. The summed E-state index contributed by atoms with van der Waals surface area (Å²) >= 11 is 0. The van der Waals surface area contributed by atoms with Crippen LogP contribution >= 0.6 is 0 Å². The van der Waals surface area contributed by atoms with Crippen molar-refractivity contribution in [3.8, 4) is 5.75 Å². The van der Waals surface area contributed by atoms with E-state index in [9.17, 15) is 9.59 Å². The van der Waals surface area contributed by atoms with Crippen LogP contribution in [0.5, 0.6) is 5.75 Å². The molecule has 1 atom stereocenters. The Morgan fingerprint density at radius 2 is 1.65 bits per heavy atom. The molecule has 4 rings (SSSR count). The highest BCUT2D eigenvalue weighted by molar-refractivity contribution is 6.04. The third-order valence-electron chi connectivity index (χ3n) is 5.72. The summed E-state index contributed by atoms with van der Waals surface area (Å²) in [6.07, 6.45) is 3.07. The Kier molecular flexibility index (Phi) is 6.51. The van der Waals surface area contributed by atoms with Gasteiger partial charge in [-0.2, -0.15) is 0 Å². The maximum absolute atomic E-state index is 13.0. The molecule has 1 saturated heterocycles. The number of piperidine rings is 1. The fourth-order valence-electron chi connectivity index (χ4n) is 3.99. The molecule has 5 heteroatoms. The predicted octanol–water partition coefficient (Wildman–Crippen LogP) is 5.26. The minimum Gasteiger partial charge on any atom is -0.481 e. The number of carbonyl (C=O) groups excluding carboxylic acids is 2. The summed E-state index contributed by atoms with van der Waals surface area (Å²) in [5, 5.41) is 5.11. The monoisotopic (exact) mass is 416 g/mol. The summed E-state index contributed by atoms with van der Waals surface area (Å²) in [6.45, 7) is 3.45. The van der Waals surface area contributed by atoms with Crippen LogP contribution in [0.25, 0.3) is 10.8 Å². The Hall–Kier alpha value is -3.34. The topological polar surface area (TPSA) is 58.6 Å². The van der Waals surface area contributed by atoms with E-state index >= 15 is 0 Å². The summed E-state index contributed by atoms with van der Waals surface area (Å²) in [6, 6.07) is 21.1. The first-order valence-electron chi connectivity index (χ1n) is 11.0. The van der Waals surface area contributed by atoms with Gasteiger partial charge in [-0.3, -0.25) is 9.59 Å². The quantitative estimate of drug-likeness (QED) is 0.596. The van der Waals surface area contributed by atoms with Gasteiger partial charge in [0.05, 0.1) is 11.3 Å². The summed E-state index contributed by atoms with van der Waals surface area (Å²) < 4.78 is 6.02. The molecule has 1 N–H and O–H groups in total. The van der Waals surface area contributed by atoms with E-state index in [2.05, 4.69) is 5.32 Å². The van der Waals surface area contributed by atoms with Crippen LogP contribution in [-0.4, -0.2) is 35.9 Å². The maximum atomic E-state index is 13.0. The molecule has 1 aliphatic heterocycles. The van der Waals surface area contributed by atoms with Crippen molar-refractivity contribution in [3.63, 3.8) is 0 Å². The lowest BCUT2D eigenvalue weighted by molar-refractivity contribution is -0.122. The number of carbonyl (C=O) groups is 2. The first-order valence-corrected chi connectivity index (χ1v) is 11.0. The fraction of sp³-hybridized carbons (Fsp3) is 0.308. The molecule has 0 unspecified atom stereocenters. The van der Waals surface area contributed by atoms with Gasteiger partial charge in [0.1, 0.15) is 5.75 Å². The molecular formula is C26H28N2O3. The van der Waals surface area contributed by atoms with Crippen molar-refractivity contribution >= 4 is 28.3 Å². The summed E-state index contributed by atoms with van der Waals surface area (Å²) in [5.74, 6) is 0.368. The van der Waals surface area contributed by atoms with E-state index in [-0.39, 0.29) is 11.8 Å². The molecule has 1 aliphatic rings. The second kappa shape index (κ2) is 9.65. The first kappa shape index (κ1) is 20.9. The molecule has 1 heterocycles. The molecular weight excluding hydrogens is 388 g/mol. The molecule has 31 heavy (non-hydrogen) atoms. The van der Waals surface area contributed by atoms with Gasteiger partial charge >= 0.3 is 0 Å². The van der Waals surface area contributed by atoms with E-state index in [0.29, 0.717) is 23.4 Å². The average molecular weight is 417 g/mol. The molecule has 0 bridgehead atoms.